The fourth-order valence-electron chi connectivity index (χ4n) is 1.04. The Morgan fingerprint density at radius 2 is 2.33 bits per heavy atom. The van der Waals surface area contributed by atoms with E-state index in [1.807, 2.05) is 25.3 Å². The zero-order valence-electron chi connectivity index (χ0n) is 8.79. The molecule has 1 heterocycles. The van der Waals surface area contributed by atoms with Crippen LogP contribution in [-0.4, -0.2) is 11.9 Å². The highest BCUT2D eigenvalue weighted by molar-refractivity contribution is 9.10. The molecule has 1 atom stereocenters. The van der Waals surface area contributed by atoms with Crippen molar-refractivity contribution in [1.29, 1.82) is 0 Å². The van der Waals surface area contributed by atoms with E-state index in [1.165, 1.54) is 0 Å². The van der Waals surface area contributed by atoms with Crippen molar-refractivity contribution < 1.29 is 4.79 Å². The second-order valence-corrected chi connectivity index (χ2v) is 5.63. The molecule has 0 aromatic carbocycles. The number of hydrogen-bond acceptors (Lipinski definition) is 3. The lowest BCUT2D eigenvalue weighted by atomic mass is 10.1. The van der Waals surface area contributed by atoms with Gasteiger partial charge < -0.3 is 11.1 Å². The molecule has 1 aromatic heterocycles. The Morgan fingerprint density at radius 1 is 1.67 bits per heavy atom. The van der Waals surface area contributed by atoms with Crippen molar-refractivity contribution >= 4 is 33.2 Å². The molecule has 0 unspecified atom stereocenters. The van der Waals surface area contributed by atoms with E-state index < -0.39 is 6.04 Å². The van der Waals surface area contributed by atoms with Crippen LogP contribution in [-0.2, 0) is 11.3 Å². The average molecular weight is 291 g/mol. The fraction of sp³-hybridized carbons (Fsp3) is 0.500. The normalized spacial score (nSPS) is 12.9. The molecule has 0 saturated heterocycles. The number of hydrogen-bond donors (Lipinski definition) is 2. The summed E-state index contributed by atoms with van der Waals surface area (Å²) in [4.78, 5) is 12.6. The van der Waals surface area contributed by atoms with Crippen molar-refractivity contribution in [3.63, 3.8) is 0 Å². The molecule has 0 aliphatic rings. The van der Waals surface area contributed by atoms with Gasteiger partial charge in [-0.05, 0) is 27.9 Å². The van der Waals surface area contributed by atoms with Crippen molar-refractivity contribution in [3.8, 4) is 0 Å². The van der Waals surface area contributed by atoms with Crippen molar-refractivity contribution in [2.45, 2.75) is 26.4 Å². The van der Waals surface area contributed by atoms with Gasteiger partial charge in [0, 0.05) is 14.7 Å². The Kier molecular flexibility index (Phi) is 4.76. The highest BCUT2D eigenvalue weighted by atomic mass is 79.9. The molecule has 0 aliphatic carbocycles. The number of amides is 1. The highest BCUT2D eigenvalue weighted by Crippen LogP contribution is 2.19. The first-order valence-electron chi connectivity index (χ1n) is 4.77. The molecule has 1 aromatic rings. The van der Waals surface area contributed by atoms with Crippen molar-refractivity contribution in [2.75, 3.05) is 0 Å². The zero-order valence-corrected chi connectivity index (χ0v) is 11.2. The topological polar surface area (TPSA) is 55.1 Å². The van der Waals surface area contributed by atoms with Crippen molar-refractivity contribution in [1.82, 2.24) is 5.32 Å². The minimum absolute atomic E-state index is 0.0884. The third-order valence-corrected chi connectivity index (χ3v) is 3.78. The van der Waals surface area contributed by atoms with Gasteiger partial charge in [-0.25, -0.2) is 0 Å². The van der Waals surface area contributed by atoms with E-state index in [0.717, 1.165) is 9.35 Å². The van der Waals surface area contributed by atoms with Crippen molar-refractivity contribution in [3.05, 3.63) is 20.8 Å². The number of carbonyl (C=O) groups excluding carboxylic acids is 1. The summed E-state index contributed by atoms with van der Waals surface area (Å²) >= 11 is 4.97. The lowest BCUT2D eigenvalue weighted by Crippen LogP contribution is -2.43. The van der Waals surface area contributed by atoms with Crippen LogP contribution in [0, 0.1) is 5.92 Å². The quantitative estimate of drug-likeness (QED) is 0.892. The van der Waals surface area contributed by atoms with Gasteiger partial charge in [-0.3, -0.25) is 4.79 Å². The summed E-state index contributed by atoms with van der Waals surface area (Å²) < 4.78 is 1.05. The fourth-order valence-corrected chi connectivity index (χ4v) is 2.43. The van der Waals surface area contributed by atoms with E-state index in [1.54, 1.807) is 11.3 Å². The first-order valence-corrected chi connectivity index (χ1v) is 6.44. The minimum atomic E-state index is -0.423. The Bertz CT molecular complexity index is 338. The van der Waals surface area contributed by atoms with E-state index in [2.05, 4.69) is 21.2 Å². The van der Waals surface area contributed by atoms with Gasteiger partial charge >= 0.3 is 0 Å². The third kappa shape index (κ3) is 3.93. The number of halogens is 1. The van der Waals surface area contributed by atoms with Crippen molar-refractivity contribution in [2.24, 2.45) is 11.7 Å². The Hall–Kier alpha value is -0.390. The van der Waals surface area contributed by atoms with E-state index in [-0.39, 0.29) is 11.8 Å². The minimum Gasteiger partial charge on any atom is -0.350 e. The predicted molar refractivity (Wildman–Crippen MR) is 66.7 cm³/mol. The molecule has 0 saturated carbocycles. The Morgan fingerprint density at radius 3 is 2.80 bits per heavy atom. The van der Waals surface area contributed by atoms with E-state index in [9.17, 15) is 4.79 Å². The average Bonchev–Trinajstić information content (AvgIpc) is 2.59. The molecule has 84 valence electrons. The van der Waals surface area contributed by atoms with E-state index in [0.29, 0.717) is 6.54 Å². The largest absolute Gasteiger partial charge is 0.350 e. The highest BCUT2D eigenvalue weighted by Gasteiger charge is 2.16. The molecule has 0 radical (unpaired) electrons. The van der Waals surface area contributed by atoms with Crippen LogP contribution >= 0.6 is 27.3 Å². The molecule has 1 rings (SSSR count). The number of carbonyl (C=O) groups is 1. The van der Waals surface area contributed by atoms with Gasteiger partial charge in [-0.2, -0.15) is 0 Å². The smallest absolute Gasteiger partial charge is 0.237 e. The van der Waals surface area contributed by atoms with Crippen LogP contribution in [0.2, 0.25) is 0 Å². The maximum absolute atomic E-state index is 11.5. The molecule has 3 N–H and O–H groups in total. The summed E-state index contributed by atoms with van der Waals surface area (Å²) in [5.74, 6) is 0.0783. The van der Waals surface area contributed by atoms with Crippen LogP contribution in [0.15, 0.2) is 15.9 Å². The summed E-state index contributed by atoms with van der Waals surface area (Å²) in [6, 6.07) is 1.57. The number of nitrogens with one attached hydrogen (secondary N) is 1. The molecule has 0 bridgehead atoms. The van der Waals surface area contributed by atoms with Crippen LogP contribution in [0.1, 0.15) is 18.7 Å². The standard InChI is InChI=1S/C10H15BrN2OS/c1-6(2)9(12)10(14)13-4-8-3-7(11)5-15-8/h3,5-6,9H,4,12H2,1-2H3,(H,13,14)/t9-/m1/s1. The Labute approximate surface area is 102 Å². The van der Waals surface area contributed by atoms with Gasteiger partial charge in [-0.15, -0.1) is 11.3 Å². The molecular weight excluding hydrogens is 276 g/mol. The lowest BCUT2D eigenvalue weighted by molar-refractivity contribution is -0.123. The summed E-state index contributed by atoms with van der Waals surface area (Å²) in [6.45, 7) is 4.42. The van der Waals surface area contributed by atoms with E-state index >= 15 is 0 Å². The summed E-state index contributed by atoms with van der Waals surface area (Å²) in [7, 11) is 0. The predicted octanol–water partition coefficient (Wildman–Crippen LogP) is 2.11. The second-order valence-electron chi connectivity index (χ2n) is 3.72. The maximum atomic E-state index is 11.5. The van der Waals surface area contributed by atoms with Gasteiger partial charge in [0.1, 0.15) is 0 Å². The zero-order chi connectivity index (χ0) is 11.4. The molecule has 3 nitrogen and oxygen atoms in total. The van der Waals surface area contributed by atoms with E-state index in [4.69, 9.17) is 5.73 Å². The monoisotopic (exact) mass is 290 g/mol. The number of rotatable bonds is 4. The molecule has 0 fully saturated rings. The van der Waals surface area contributed by atoms with Crippen LogP contribution in [0.3, 0.4) is 0 Å². The van der Waals surface area contributed by atoms with Crippen LogP contribution < -0.4 is 11.1 Å². The van der Waals surface area contributed by atoms with Crippen LogP contribution in [0.25, 0.3) is 0 Å². The summed E-state index contributed by atoms with van der Waals surface area (Å²) in [6.07, 6.45) is 0. The second kappa shape index (κ2) is 5.63. The van der Waals surface area contributed by atoms with Gasteiger partial charge in [0.05, 0.1) is 12.6 Å². The number of thiophene rings is 1. The maximum Gasteiger partial charge on any atom is 0.237 e. The number of nitrogens with two attached hydrogens (primary N) is 1. The van der Waals surface area contributed by atoms with Gasteiger partial charge in [-0.1, -0.05) is 13.8 Å². The van der Waals surface area contributed by atoms with Gasteiger partial charge in [0.15, 0.2) is 0 Å². The molecule has 1 amide bonds. The molecule has 15 heavy (non-hydrogen) atoms. The molecular formula is C10H15BrN2OS. The molecule has 5 heteroatoms. The first kappa shape index (κ1) is 12.7. The molecule has 0 aliphatic heterocycles. The molecule has 0 spiro atoms. The Balaban J connectivity index is 2.40. The van der Waals surface area contributed by atoms with Gasteiger partial charge in [0.25, 0.3) is 0 Å². The lowest BCUT2D eigenvalue weighted by Gasteiger charge is -2.14. The first-order chi connectivity index (χ1) is 7.00. The third-order valence-electron chi connectivity index (χ3n) is 2.08. The van der Waals surface area contributed by atoms with Crippen LogP contribution in [0.4, 0.5) is 0 Å². The van der Waals surface area contributed by atoms with Crippen LogP contribution in [0.5, 0.6) is 0 Å². The van der Waals surface area contributed by atoms with Gasteiger partial charge in [0.2, 0.25) is 5.91 Å². The SMILES string of the molecule is CC(C)[C@@H](N)C(=O)NCc1cc(Br)cs1. The summed E-state index contributed by atoms with van der Waals surface area (Å²) in [5, 5.41) is 4.81. The summed E-state index contributed by atoms with van der Waals surface area (Å²) in [5.41, 5.74) is 5.71.